The molecule has 0 saturated carbocycles. The van der Waals surface area contributed by atoms with Crippen LogP contribution in [0.25, 0.3) is 10.9 Å². The number of hydrogen-bond acceptors (Lipinski definition) is 3. The third-order valence-electron chi connectivity index (χ3n) is 4.22. The number of halogens is 3. The minimum Gasteiger partial charge on any atom is -0.352 e. The molecule has 0 spiro atoms. The number of pyridine rings is 1. The van der Waals surface area contributed by atoms with Gasteiger partial charge < -0.3 is 10.6 Å². The van der Waals surface area contributed by atoms with Crippen LogP contribution in [-0.4, -0.2) is 23.3 Å². The lowest BCUT2D eigenvalue weighted by atomic mass is 10.0. The summed E-state index contributed by atoms with van der Waals surface area (Å²) in [5, 5.41) is 4.97. The van der Waals surface area contributed by atoms with Gasteiger partial charge in [-0.25, -0.2) is 0 Å². The van der Waals surface area contributed by atoms with Crippen molar-refractivity contribution in [3.63, 3.8) is 0 Å². The molecule has 2 N–H and O–H groups in total. The number of nitrogens with zero attached hydrogens (tertiary/aromatic N) is 1. The van der Waals surface area contributed by atoms with Crippen LogP contribution in [0.5, 0.6) is 0 Å². The molecule has 0 unspecified atom stereocenters. The molecule has 0 atom stereocenters. The normalized spacial score (nSPS) is 11.3. The van der Waals surface area contributed by atoms with E-state index in [1.54, 1.807) is 18.2 Å². The van der Waals surface area contributed by atoms with Gasteiger partial charge in [0.15, 0.2) is 0 Å². The molecule has 2 amide bonds. The van der Waals surface area contributed by atoms with Crippen LogP contribution >= 0.6 is 0 Å². The van der Waals surface area contributed by atoms with Gasteiger partial charge >= 0.3 is 6.18 Å². The van der Waals surface area contributed by atoms with Crippen LogP contribution in [0.4, 0.5) is 18.9 Å². The largest absolute Gasteiger partial charge is 0.417 e. The maximum absolute atomic E-state index is 13.7. The standard InChI is InChI=1S/C21H18F3N3O2/c1-2-10-25-19(28)13-6-5-7-14(11-13)27-20(29)16-12-26-17-9-4-3-8-15(17)18(16)21(22,23)24/h3-9,11-12H,2,10H2,1H3,(H,25,28)(H,27,29). The zero-order valence-corrected chi connectivity index (χ0v) is 15.5. The maximum atomic E-state index is 13.7. The fourth-order valence-electron chi connectivity index (χ4n) is 2.90. The second kappa shape index (κ2) is 8.30. The Hall–Kier alpha value is -3.42. The quantitative estimate of drug-likeness (QED) is 0.654. The number of nitrogens with one attached hydrogen (secondary N) is 2. The number of anilines is 1. The van der Waals surface area contributed by atoms with Crippen molar-refractivity contribution in [3.05, 3.63) is 71.4 Å². The van der Waals surface area contributed by atoms with E-state index in [4.69, 9.17) is 0 Å². The van der Waals surface area contributed by atoms with Crippen LogP contribution in [-0.2, 0) is 6.18 Å². The molecule has 150 valence electrons. The minimum atomic E-state index is -4.74. The van der Waals surface area contributed by atoms with Crippen molar-refractivity contribution < 1.29 is 22.8 Å². The van der Waals surface area contributed by atoms with Gasteiger partial charge in [0.25, 0.3) is 11.8 Å². The van der Waals surface area contributed by atoms with Crippen molar-refractivity contribution >= 4 is 28.4 Å². The summed E-state index contributed by atoms with van der Waals surface area (Å²) < 4.78 is 41.1. The Kier molecular flexibility index (Phi) is 5.81. The lowest BCUT2D eigenvalue weighted by molar-refractivity contribution is -0.136. The van der Waals surface area contributed by atoms with Crippen LogP contribution in [0.3, 0.4) is 0 Å². The Morgan fingerprint density at radius 3 is 2.52 bits per heavy atom. The number of amides is 2. The first-order valence-electron chi connectivity index (χ1n) is 8.96. The fraction of sp³-hybridized carbons (Fsp3) is 0.190. The van der Waals surface area contributed by atoms with E-state index in [1.807, 2.05) is 6.92 Å². The summed E-state index contributed by atoms with van der Waals surface area (Å²) in [6, 6.07) is 11.8. The van der Waals surface area contributed by atoms with E-state index >= 15 is 0 Å². The Labute approximate surface area is 164 Å². The third-order valence-corrected chi connectivity index (χ3v) is 4.22. The summed E-state index contributed by atoms with van der Waals surface area (Å²) >= 11 is 0. The summed E-state index contributed by atoms with van der Waals surface area (Å²) in [4.78, 5) is 28.7. The van der Waals surface area contributed by atoms with E-state index in [0.29, 0.717) is 12.1 Å². The van der Waals surface area contributed by atoms with Gasteiger partial charge in [0.2, 0.25) is 0 Å². The topological polar surface area (TPSA) is 71.1 Å². The Morgan fingerprint density at radius 2 is 1.79 bits per heavy atom. The highest BCUT2D eigenvalue weighted by atomic mass is 19.4. The van der Waals surface area contributed by atoms with Gasteiger partial charge in [-0.05, 0) is 30.7 Å². The van der Waals surface area contributed by atoms with Crippen LogP contribution in [0.1, 0.15) is 39.6 Å². The third kappa shape index (κ3) is 4.53. The molecule has 0 bridgehead atoms. The number of alkyl halides is 3. The average molecular weight is 401 g/mol. The SMILES string of the molecule is CCCNC(=O)c1cccc(NC(=O)c2cnc3ccccc3c2C(F)(F)F)c1. The van der Waals surface area contributed by atoms with E-state index in [0.717, 1.165) is 12.6 Å². The molecule has 0 saturated heterocycles. The monoisotopic (exact) mass is 401 g/mol. The van der Waals surface area contributed by atoms with Crippen molar-refractivity contribution in [1.82, 2.24) is 10.3 Å². The highest BCUT2D eigenvalue weighted by Crippen LogP contribution is 2.37. The number of rotatable bonds is 5. The lowest BCUT2D eigenvalue weighted by Crippen LogP contribution is -2.24. The van der Waals surface area contributed by atoms with Gasteiger partial charge in [-0.15, -0.1) is 0 Å². The molecule has 5 nitrogen and oxygen atoms in total. The molecule has 3 rings (SSSR count). The molecule has 2 aromatic carbocycles. The molecule has 0 aliphatic rings. The molecule has 0 fully saturated rings. The highest BCUT2D eigenvalue weighted by Gasteiger charge is 2.37. The van der Waals surface area contributed by atoms with Crippen LogP contribution in [0.15, 0.2) is 54.7 Å². The zero-order chi connectivity index (χ0) is 21.0. The van der Waals surface area contributed by atoms with Crippen LogP contribution in [0, 0.1) is 0 Å². The van der Waals surface area contributed by atoms with Gasteiger partial charge in [-0.1, -0.05) is 31.2 Å². The smallest absolute Gasteiger partial charge is 0.352 e. The van der Waals surface area contributed by atoms with Crippen molar-refractivity contribution in [2.75, 3.05) is 11.9 Å². The van der Waals surface area contributed by atoms with E-state index in [9.17, 15) is 22.8 Å². The van der Waals surface area contributed by atoms with Gasteiger partial charge in [-0.3, -0.25) is 14.6 Å². The predicted molar refractivity (Wildman–Crippen MR) is 104 cm³/mol. The summed E-state index contributed by atoms with van der Waals surface area (Å²) in [5.74, 6) is -1.28. The number of benzene rings is 2. The molecule has 0 radical (unpaired) electrons. The lowest BCUT2D eigenvalue weighted by Gasteiger charge is -2.15. The Balaban J connectivity index is 1.94. The van der Waals surface area contributed by atoms with E-state index in [1.165, 1.54) is 30.3 Å². The fourth-order valence-corrected chi connectivity index (χ4v) is 2.90. The number of hydrogen-bond donors (Lipinski definition) is 2. The first-order valence-corrected chi connectivity index (χ1v) is 8.96. The molecule has 3 aromatic rings. The Bertz CT molecular complexity index is 1060. The van der Waals surface area contributed by atoms with Crippen LogP contribution in [0.2, 0.25) is 0 Å². The van der Waals surface area contributed by atoms with Gasteiger partial charge in [0.1, 0.15) is 0 Å². The van der Waals surface area contributed by atoms with E-state index in [-0.39, 0.29) is 22.5 Å². The minimum absolute atomic E-state index is 0.144. The number of para-hydroxylation sites is 1. The molecule has 8 heteroatoms. The number of carbonyl (C=O) groups excluding carboxylic acids is 2. The molecule has 0 aliphatic carbocycles. The molecular weight excluding hydrogens is 383 g/mol. The number of aromatic nitrogens is 1. The maximum Gasteiger partial charge on any atom is 0.417 e. The summed E-state index contributed by atoms with van der Waals surface area (Å²) in [7, 11) is 0. The predicted octanol–water partition coefficient (Wildman–Crippen LogP) is 4.65. The van der Waals surface area contributed by atoms with Gasteiger partial charge in [0.05, 0.1) is 16.6 Å². The van der Waals surface area contributed by atoms with Gasteiger partial charge in [0, 0.05) is 29.4 Å². The first kappa shape index (κ1) is 20.3. The van der Waals surface area contributed by atoms with Crippen molar-refractivity contribution in [1.29, 1.82) is 0 Å². The summed E-state index contributed by atoms with van der Waals surface area (Å²) in [6.45, 7) is 2.40. The van der Waals surface area contributed by atoms with Crippen molar-refractivity contribution in [2.45, 2.75) is 19.5 Å². The van der Waals surface area contributed by atoms with Crippen molar-refractivity contribution in [3.8, 4) is 0 Å². The number of carbonyl (C=O) groups is 2. The molecule has 1 aromatic heterocycles. The zero-order valence-electron chi connectivity index (χ0n) is 15.5. The van der Waals surface area contributed by atoms with Crippen LogP contribution < -0.4 is 10.6 Å². The first-order chi connectivity index (χ1) is 13.8. The molecule has 1 heterocycles. The Morgan fingerprint density at radius 1 is 1.03 bits per heavy atom. The van der Waals surface area contributed by atoms with Gasteiger partial charge in [-0.2, -0.15) is 13.2 Å². The highest BCUT2D eigenvalue weighted by molar-refractivity contribution is 6.08. The van der Waals surface area contributed by atoms with E-state index < -0.39 is 23.2 Å². The number of fused-ring (bicyclic) bond motifs is 1. The summed E-state index contributed by atoms with van der Waals surface area (Å²) in [5.41, 5.74) is -0.982. The van der Waals surface area contributed by atoms with E-state index in [2.05, 4.69) is 15.6 Å². The second-order valence-electron chi connectivity index (χ2n) is 6.35. The molecule has 29 heavy (non-hydrogen) atoms. The second-order valence-corrected chi connectivity index (χ2v) is 6.35. The summed E-state index contributed by atoms with van der Waals surface area (Å²) in [6.07, 6.45) is -3.06. The molecule has 0 aliphatic heterocycles. The van der Waals surface area contributed by atoms with Crippen molar-refractivity contribution in [2.24, 2.45) is 0 Å². The molecular formula is C21H18F3N3O2. The average Bonchev–Trinajstić information content (AvgIpc) is 2.70.